The summed E-state index contributed by atoms with van der Waals surface area (Å²) in [4.78, 5) is 48.4. The second-order valence-corrected chi connectivity index (χ2v) is 8.67. The number of hydrogen-bond donors (Lipinski definition) is 1. The molecule has 1 saturated heterocycles. The molecule has 34 heavy (non-hydrogen) atoms. The van der Waals surface area contributed by atoms with E-state index in [1.807, 2.05) is 0 Å². The Balaban J connectivity index is 1.88. The number of esters is 1. The summed E-state index contributed by atoms with van der Waals surface area (Å²) in [6.07, 6.45) is 4.37. The standard InChI is InChI=1S/C24H18ClN3O5S/c1-3-12-33-23(32)21-13(2)27-24(34-21)28-18(14-4-6-16(25)7-5-14)17(20(30)22(28)31)19(29)15-8-10-26-11-9-15/h3-11,18,29H,1,12H2,2H3. The van der Waals surface area contributed by atoms with Crippen LogP contribution >= 0.6 is 22.9 Å². The number of carbonyl (C=O) groups is 3. The molecule has 8 nitrogen and oxygen atoms in total. The fourth-order valence-corrected chi connectivity index (χ4v) is 4.64. The number of aliphatic hydroxyl groups is 1. The van der Waals surface area contributed by atoms with Crippen molar-refractivity contribution in [3.63, 3.8) is 0 Å². The first-order chi connectivity index (χ1) is 16.3. The Kier molecular flexibility index (Phi) is 6.58. The van der Waals surface area contributed by atoms with Crippen LogP contribution in [0.5, 0.6) is 0 Å². The summed E-state index contributed by atoms with van der Waals surface area (Å²) in [5, 5.41) is 11.6. The van der Waals surface area contributed by atoms with Crippen molar-refractivity contribution in [3.05, 3.63) is 93.7 Å². The summed E-state index contributed by atoms with van der Waals surface area (Å²) in [5.41, 5.74) is 1.10. The predicted molar refractivity (Wildman–Crippen MR) is 128 cm³/mol. The van der Waals surface area contributed by atoms with Crippen molar-refractivity contribution in [2.75, 3.05) is 11.5 Å². The molecule has 1 aliphatic heterocycles. The normalized spacial score (nSPS) is 17.1. The molecular weight excluding hydrogens is 478 g/mol. The van der Waals surface area contributed by atoms with Crippen LogP contribution in [-0.4, -0.2) is 39.3 Å². The number of halogens is 1. The van der Waals surface area contributed by atoms with Crippen LogP contribution < -0.4 is 4.90 Å². The number of ketones is 1. The third kappa shape index (κ3) is 4.23. The molecule has 0 aliphatic carbocycles. The third-order valence-corrected chi connectivity index (χ3v) is 6.48. The quantitative estimate of drug-likeness (QED) is 0.176. The molecule has 1 N–H and O–H groups in total. The van der Waals surface area contributed by atoms with E-state index in [1.165, 1.54) is 35.5 Å². The second kappa shape index (κ2) is 9.58. The number of aromatic nitrogens is 2. The van der Waals surface area contributed by atoms with E-state index < -0.39 is 23.7 Å². The van der Waals surface area contributed by atoms with Crippen LogP contribution in [0.1, 0.15) is 32.5 Å². The van der Waals surface area contributed by atoms with Crippen molar-refractivity contribution >= 4 is 51.5 Å². The lowest BCUT2D eigenvalue weighted by Gasteiger charge is -2.23. The summed E-state index contributed by atoms with van der Waals surface area (Å²) in [7, 11) is 0. The molecule has 0 saturated carbocycles. The Hall–Kier alpha value is -3.82. The summed E-state index contributed by atoms with van der Waals surface area (Å²) < 4.78 is 5.10. The Labute approximate surface area is 203 Å². The molecule has 0 bridgehead atoms. The average Bonchev–Trinajstić information content (AvgIpc) is 3.35. The minimum atomic E-state index is -0.993. The number of hydrogen-bond acceptors (Lipinski definition) is 8. The highest BCUT2D eigenvalue weighted by molar-refractivity contribution is 7.17. The minimum absolute atomic E-state index is 0.0206. The number of rotatable bonds is 6. The van der Waals surface area contributed by atoms with Crippen molar-refractivity contribution in [2.45, 2.75) is 13.0 Å². The van der Waals surface area contributed by atoms with Crippen LogP contribution in [0.4, 0.5) is 5.13 Å². The molecule has 0 spiro atoms. The number of thiazole rings is 1. The SMILES string of the molecule is C=CCOC(=O)c1sc(N2C(=O)C(=O)C(=C(O)c3ccncc3)C2c2ccc(Cl)cc2)nc1C. The lowest BCUT2D eigenvalue weighted by atomic mass is 9.96. The Bertz CT molecular complexity index is 1320. The number of pyridine rings is 1. The van der Waals surface area contributed by atoms with Crippen LogP contribution in [0.3, 0.4) is 0 Å². The highest BCUT2D eigenvalue weighted by Gasteiger charge is 2.48. The summed E-state index contributed by atoms with van der Waals surface area (Å²) >= 11 is 6.96. The molecule has 172 valence electrons. The molecule has 1 amide bonds. The van der Waals surface area contributed by atoms with Crippen molar-refractivity contribution in [3.8, 4) is 0 Å². The Morgan fingerprint density at radius 2 is 1.91 bits per heavy atom. The highest BCUT2D eigenvalue weighted by atomic mass is 35.5. The maximum absolute atomic E-state index is 13.2. The van der Waals surface area contributed by atoms with Gasteiger partial charge in [-0.15, -0.1) is 0 Å². The number of benzene rings is 1. The summed E-state index contributed by atoms with van der Waals surface area (Å²) in [6, 6.07) is 8.62. The number of amides is 1. The molecule has 1 atom stereocenters. The van der Waals surface area contributed by atoms with Gasteiger partial charge in [-0.05, 0) is 36.8 Å². The van der Waals surface area contributed by atoms with Crippen molar-refractivity contribution in [1.82, 2.24) is 9.97 Å². The number of Topliss-reactive ketones (excluding diaryl/α,β-unsaturated/α-hetero) is 1. The molecule has 1 aliphatic rings. The monoisotopic (exact) mass is 495 g/mol. The van der Waals surface area contributed by atoms with E-state index in [2.05, 4.69) is 16.5 Å². The van der Waals surface area contributed by atoms with Crippen molar-refractivity contribution in [1.29, 1.82) is 0 Å². The molecule has 0 radical (unpaired) electrons. The maximum atomic E-state index is 13.2. The van der Waals surface area contributed by atoms with Crippen LogP contribution in [-0.2, 0) is 14.3 Å². The van der Waals surface area contributed by atoms with Gasteiger partial charge in [0.25, 0.3) is 5.78 Å². The fourth-order valence-electron chi connectivity index (χ4n) is 3.53. The van der Waals surface area contributed by atoms with E-state index in [-0.39, 0.29) is 27.9 Å². The first kappa shape index (κ1) is 23.3. The van der Waals surface area contributed by atoms with Crippen LogP contribution in [0.25, 0.3) is 5.76 Å². The average molecular weight is 496 g/mol. The zero-order valence-electron chi connectivity index (χ0n) is 17.9. The van der Waals surface area contributed by atoms with Crippen LogP contribution in [0.15, 0.2) is 67.0 Å². The van der Waals surface area contributed by atoms with E-state index >= 15 is 0 Å². The Morgan fingerprint density at radius 1 is 1.24 bits per heavy atom. The second-order valence-electron chi connectivity index (χ2n) is 7.25. The van der Waals surface area contributed by atoms with Crippen LogP contribution in [0, 0.1) is 6.92 Å². The molecule has 1 fully saturated rings. The zero-order valence-corrected chi connectivity index (χ0v) is 19.5. The van der Waals surface area contributed by atoms with E-state index in [0.717, 1.165) is 11.3 Å². The lowest BCUT2D eigenvalue weighted by Crippen LogP contribution is -2.29. The Morgan fingerprint density at radius 3 is 2.56 bits per heavy atom. The van der Waals surface area contributed by atoms with E-state index in [1.54, 1.807) is 31.2 Å². The van der Waals surface area contributed by atoms with Gasteiger partial charge in [-0.25, -0.2) is 9.78 Å². The molecular formula is C24H18ClN3O5S. The zero-order chi connectivity index (χ0) is 24.4. The third-order valence-electron chi connectivity index (χ3n) is 5.09. The van der Waals surface area contributed by atoms with Gasteiger partial charge in [0.15, 0.2) is 5.13 Å². The van der Waals surface area contributed by atoms with Gasteiger partial charge < -0.3 is 9.84 Å². The molecule has 1 unspecified atom stereocenters. The van der Waals surface area contributed by atoms with E-state index in [9.17, 15) is 19.5 Å². The predicted octanol–water partition coefficient (Wildman–Crippen LogP) is 4.47. The topological polar surface area (TPSA) is 110 Å². The first-order valence-electron chi connectivity index (χ1n) is 10.1. The van der Waals surface area contributed by atoms with Gasteiger partial charge in [0, 0.05) is 23.0 Å². The van der Waals surface area contributed by atoms with Gasteiger partial charge >= 0.3 is 11.9 Å². The summed E-state index contributed by atoms with van der Waals surface area (Å²) in [6.45, 7) is 5.14. The summed E-state index contributed by atoms with van der Waals surface area (Å²) in [5.74, 6) is -2.71. The first-order valence-corrected chi connectivity index (χ1v) is 11.2. The number of aryl methyl sites for hydroxylation is 1. The number of anilines is 1. The smallest absolute Gasteiger partial charge is 0.350 e. The molecule has 2 aromatic heterocycles. The number of nitrogens with zero attached hydrogens (tertiary/aromatic N) is 3. The van der Waals surface area contributed by atoms with Gasteiger partial charge in [-0.1, -0.05) is 47.7 Å². The molecule has 10 heteroatoms. The highest BCUT2D eigenvalue weighted by Crippen LogP contribution is 2.44. The van der Waals surface area contributed by atoms with Crippen molar-refractivity contribution in [2.24, 2.45) is 0 Å². The fraction of sp³-hybridized carbons (Fsp3) is 0.125. The van der Waals surface area contributed by atoms with Gasteiger partial charge in [-0.3, -0.25) is 19.5 Å². The molecule has 1 aromatic carbocycles. The largest absolute Gasteiger partial charge is 0.507 e. The lowest BCUT2D eigenvalue weighted by molar-refractivity contribution is -0.132. The van der Waals surface area contributed by atoms with Crippen molar-refractivity contribution < 1.29 is 24.2 Å². The van der Waals surface area contributed by atoms with E-state index in [0.29, 0.717) is 21.8 Å². The number of aliphatic hydroxyl groups excluding tert-OH is 1. The van der Waals surface area contributed by atoms with E-state index in [4.69, 9.17) is 16.3 Å². The maximum Gasteiger partial charge on any atom is 0.350 e. The van der Waals surface area contributed by atoms with Crippen LogP contribution in [0.2, 0.25) is 5.02 Å². The molecule has 4 rings (SSSR count). The molecule has 3 heterocycles. The van der Waals surface area contributed by atoms with Gasteiger partial charge in [0.05, 0.1) is 17.3 Å². The minimum Gasteiger partial charge on any atom is -0.507 e. The molecule has 3 aromatic rings. The van der Waals surface area contributed by atoms with Gasteiger partial charge in [0.1, 0.15) is 17.2 Å². The van der Waals surface area contributed by atoms with Gasteiger partial charge in [-0.2, -0.15) is 0 Å². The number of ether oxygens (including phenoxy) is 1. The number of carbonyl (C=O) groups excluding carboxylic acids is 3. The van der Waals surface area contributed by atoms with Gasteiger partial charge in [0.2, 0.25) is 0 Å².